The van der Waals surface area contributed by atoms with E-state index in [0.717, 1.165) is 43.5 Å². The van der Waals surface area contributed by atoms with E-state index in [1.165, 1.54) is 5.39 Å². The molecule has 0 saturated carbocycles. The van der Waals surface area contributed by atoms with E-state index < -0.39 is 0 Å². The van der Waals surface area contributed by atoms with Gasteiger partial charge in [0, 0.05) is 26.7 Å². The molecule has 24 heavy (non-hydrogen) atoms. The van der Waals surface area contributed by atoms with Crippen LogP contribution in [-0.2, 0) is 0 Å². The van der Waals surface area contributed by atoms with Crippen LogP contribution in [0.25, 0.3) is 43.8 Å². The smallest absolute Gasteiger partial charge is 0.143 e. The SMILES string of the molecule is Clc1cc(-c2ccccc2)c2oc3c4ccccc4ccc3c2c1. The Morgan fingerprint density at radius 2 is 1.42 bits per heavy atom. The molecule has 114 valence electrons. The summed E-state index contributed by atoms with van der Waals surface area (Å²) >= 11 is 6.41. The first-order valence-electron chi connectivity index (χ1n) is 7.90. The molecule has 1 heterocycles. The van der Waals surface area contributed by atoms with Gasteiger partial charge in [0.25, 0.3) is 0 Å². The lowest BCUT2D eigenvalue weighted by atomic mass is 10.0. The molecular weight excluding hydrogens is 316 g/mol. The Balaban J connectivity index is 1.97. The minimum absolute atomic E-state index is 0.720. The van der Waals surface area contributed by atoms with Crippen LogP contribution in [0, 0.1) is 0 Å². The minimum Gasteiger partial charge on any atom is -0.455 e. The summed E-state index contributed by atoms with van der Waals surface area (Å²) in [5.74, 6) is 0. The topological polar surface area (TPSA) is 13.1 Å². The second kappa shape index (κ2) is 5.12. The van der Waals surface area contributed by atoms with E-state index in [2.05, 4.69) is 36.4 Å². The second-order valence-corrected chi connectivity index (χ2v) is 6.40. The first-order valence-corrected chi connectivity index (χ1v) is 8.28. The van der Waals surface area contributed by atoms with Crippen molar-refractivity contribution in [3.63, 3.8) is 0 Å². The number of hydrogen-bond acceptors (Lipinski definition) is 1. The van der Waals surface area contributed by atoms with Crippen LogP contribution in [0.1, 0.15) is 0 Å². The van der Waals surface area contributed by atoms with Crippen LogP contribution in [0.4, 0.5) is 0 Å². The summed E-state index contributed by atoms with van der Waals surface area (Å²) in [5.41, 5.74) is 3.94. The summed E-state index contributed by atoms with van der Waals surface area (Å²) in [4.78, 5) is 0. The Labute approximate surface area is 144 Å². The van der Waals surface area contributed by atoms with Crippen molar-refractivity contribution in [3.8, 4) is 11.1 Å². The second-order valence-electron chi connectivity index (χ2n) is 5.96. The number of benzene rings is 4. The summed E-state index contributed by atoms with van der Waals surface area (Å²) in [6.07, 6.45) is 0. The van der Waals surface area contributed by atoms with Gasteiger partial charge < -0.3 is 4.42 Å². The van der Waals surface area contributed by atoms with Crippen molar-refractivity contribution in [2.45, 2.75) is 0 Å². The summed E-state index contributed by atoms with van der Waals surface area (Å²) in [6.45, 7) is 0. The molecule has 0 amide bonds. The van der Waals surface area contributed by atoms with Crippen molar-refractivity contribution in [2.24, 2.45) is 0 Å². The highest BCUT2D eigenvalue weighted by Gasteiger charge is 2.15. The molecule has 0 aliphatic carbocycles. The van der Waals surface area contributed by atoms with Crippen LogP contribution in [0.5, 0.6) is 0 Å². The first kappa shape index (κ1) is 13.6. The zero-order valence-corrected chi connectivity index (χ0v) is 13.5. The molecule has 0 N–H and O–H groups in total. The minimum atomic E-state index is 0.720. The summed E-state index contributed by atoms with van der Waals surface area (Å²) in [7, 11) is 0. The van der Waals surface area contributed by atoms with Crippen LogP contribution in [0.2, 0.25) is 5.02 Å². The van der Waals surface area contributed by atoms with Crippen molar-refractivity contribution < 1.29 is 4.42 Å². The van der Waals surface area contributed by atoms with Crippen molar-refractivity contribution in [1.29, 1.82) is 0 Å². The van der Waals surface area contributed by atoms with Gasteiger partial charge in [0.1, 0.15) is 11.2 Å². The number of hydrogen-bond donors (Lipinski definition) is 0. The van der Waals surface area contributed by atoms with Gasteiger partial charge in [0.05, 0.1) is 0 Å². The molecule has 0 bridgehead atoms. The quantitative estimate of drug-likeness (QED) is 0.321. The van der Waals surface area contributed by atoms with E-state index in [1.807, 2.05) is 42.5 Å². The zero-order chi connectivity index (χ0) is 16.1. The van der Waals surface area contributed by atoms with Crippen LogP contribution < -0.4 is 0 Å². The maximum atomic E-state index is 6.41. The van der Waals surface area contributed by atoms with Crippen LogP contribution in [0.3, 0.4) is 0 Å². The molecule has 1 aromatic heterocycles. The first-order chi connectivity index (χ1) is 11.8. The highest BCUT2D eigenvalue weighted by molar-refractivity contribution is 6.32. The lowest BCUT2D eigenvalue weighted by molar-refractivity contribution is 0.674. The van der Waals surface area contributed by atoms with Gasteiger partial charge in [-0.05, 0) is 29.1 Å². The van der Waals surface area contributed by atoms with Crippen LogP contribution in [0.15, 0.2) is 83.3 Å². The molecule has 2 heteroatoms. The lowest BCUT2D eigenvalue weighted by Crippen LogP contribution is -1.79. The highest BCUT2D eigenvalue weighted by atomic mass is 35.5. The van der Waals surface area contributed by atoms with Gasteiger partial charge in [0.15, 0.2) is 0 Å². The summed E-state index contributed by atoms with van der Waals surface area (Å²) in [5, 5.41) is 5.18. The molecule has 0 aliphatic heterocycles. The fourth-order valence-corrected chi connectivity index (χ4v) is 3.62. The van der Waals surface area contributed by atoms with Gasteiger partial charge in [-0.15, -0.1) is 0 Å². The van der Waals surface area contributed by atoms with Gasteiger partial charge >= 0.3 is 0 Å². The molecule has 0 saturated heterocycles. The number of furan rings is 1. The Kier molecular flexibility index (Phi) is 2.91. The largest absolute Gasteiger partial charge is 0.455 e. The molecule has 0 fully saturated rings. The molecule has 1 nitrogen and oxygen atoms in total. The standard InChI is InChI=1S/C22H13ClO/c23-16-12-19(14-6-2-1-3-7-14)22-20(13-16)18-11-10-15-8-4-5-9-17(15)21(18)24-22/h1-13H. The number of rotatable bonds is 1. The van der Waals surface area contributed by atoms with E-state index in [-0.39, 0.29) is 0 Å². The zero-order valence-electron chi connectivity index (χ0n) is 12.8. The molecule has 0 spiro atoms. The predicted molar refractivity (Wildman–Crippen MR) is 102 cm³/mol. The number of halogens is 1. The van der Waals surface area contributed by atoms with E-state index >= 15 is 0 Å². The maximum Gasteiger partial charge on any atom is 0.143 e. The van der Waals surface area contributed by atoms with Gasteiger partial charge in [-0.1, -0.05) is 72.3 Å². The van der Waals surface area contributed by atoms with Gasteiger partial charge in [-0.2, -0.15) is 0 Å². The Bertz CT molecular complexity index is 1200. The average molecular weight is 329 g/mol. The molecular formula is C22H13ClO. The Morgan fingerprint density at radius 3 is 2.29 bits per heavy atom. The third-order valence-corrected chi connectivity index (χ3v) is 4.73. The van der Waals surface area contributed by atoms with Crippen molar-refractivity contribution in [2.75, 3.05) is 0 Å². The van der Waals surface area contributed by atoms with Gasteiger partial charge in [-0.3, -0.25) is 0 Å². The van der Waals surface area contributed by atoms with Gasteiger partial charge in [0.2, 0.25) is 0 Å². The highest BCUT2D eigenvalue weighted by Crippen LogP contribution is 2.40. The average Bonchev–Trinajstić information content (AvgIpc) is 3.01. The summed E-state index contributed by atoms with van der Waals surface area (Å²) < 4.78 is 6.35. The lowest BCUT2D eigenvalue weighted by Gasteiger charge is -2.03. The molecule has 0 radical (unpaired) electrons. The van der Waals surface area contributed by atoms with Crippen molar-refractivity contribution >= 4 is 44.3 Å². The van der Waals surface area contributed by atoms with E-state index in [4.69, 9.17) is 16.0 Å². The normalized spacial score (nSPS) is 11.5. The maximum absolute atomic E-state index is 6.41. The Morgan fingerprint density at radius 1 is 0.625 bits per heavy atom. The van der Waals surface area contributed by atoms with E-state index in [1.54, 1.807) is 0 Å². The fraction of sp³-hybridized carbons (Fsp3) is 0. The van der Waals surface area contributed by atoms with E-state index in [0.29, 0.717) is 0 Å². The fourth-order valence-electron chi connectivity index (χ4n) is 3.40. The molecule has 0 atom stereocenters. The molecule has 0 aliphatic rings. The monoisotopic (exact) mass is 328 g/mol. The molecule has 4 aromatic carbocycles. The van der Waals surface area contributed by atoms with E-state index in [9.17, 15) is 0 Å². The Hall–Kier alpha value is -2.77. The predicted octanol–water partition coefficient (Wildman–Crippen LogP) is 7.06. The van der Waals surface area contributed by atoms with Crippen molar-refractivity contribution in [3.05, 3.63) is 83.9 Å². The third-order valence-electron chi connectivity index (χ3n) is 4.51. The van der Waals surface area contributed by atoms with Crippen LogP contribution in [-0.4, -0.2) is 0 Å². The number of fused-ring (bicyclic) bond motifs is 5. The molecule has 0 unspecified atom stereocenters. The summed E-state index contributed by atoms with van der Waals surface area (Å²) in [6, 6.07) is 26.7. The van der Waals surface area contributed by atoms with Crippen LogP contribution >= 0.6 is 11.6 Å². The van der Waals surface area contributed by atoms with Crippen molar-refractivity contribution in [1.82, 2.24) is 0 Å². The third kappa shape index (κ3) is 1.95. The van der Waals surface area contributed by atoms with Gasteiger partial charge in [-0.25, -0.2) is 0 Å². The molecule has 5 aromatic rings. The molecule has 5 rings (SSSR count).